The Labute approximate surface area is 168 Å². The van der Waals surface area contributed by atoms with Gasteiger partial charge in [-0.2, -0.15) is 5.10 Å². The number of aromatic nitrogens is 3. The van der Waals surface area contributed by atoms with Gasteiger partial charge in [0.05, 0.1) is 11.9 Å². The predicted octanol–water partition coefficient (Wildman–Crippen LogP) is 5.46. The number of hydrogen-bond acceptors (Lipinski definition) is 3. The Morgan fingerprint density at radius 1 is 1.26 bits per heavy atom. The van der Waals surface area contributed by atoms with Crippen molar-refractivity contribution in [1.29, 1.82) is 0 Å². The molecule has 0 aliphatic heterocycles. The standard InChI is InChI=1S/C17H11Br2F3N4O/c18-8-3-10(19)14(11(20)4-8)25-17(27)9-6-23-26-13(15(21)22)5-12(7-1-2-7)24-16(9)26/h3-7,15H,1-2H2,(H,25,27). The number of halogens is 5. The number of anilines is 1. The van der Waals surface area contributed by atoms with Crippen LogP contribution in [-0.4, -0.2) is 20.5 Å². The van der Waals surface area contributed by atoms with Gasteiger partial charge in [0.25, 0.3) is 12.3 Å². The van der Waals surface area contributed by atoms with Gasteiger partial charge in [-0.3, -0.25) is 4.79 Å². The third-order valence-electron chi connectivity index (χ3n) is 4.23. The predicted molar refractivity (Wildman–Crippen MR) is 99.7 cm³/mol. The molecule has 0 radical (unpaired) electrons. The smallest absolute Gasteiger partial charge is 0.280 e. The molecule has 1 fully saturated rings. The van der Waals surface area contributed by atoms with E-state index in [1.807, 2.05) is 0 Å². The molecule has 5 nitrogen and oxygen atoms in total. The van der Waals surface area contributed by atoms with Gasteiger partial charge in [0.15, 0.2) is 5.65 Å². The van der Waals surface area contributed by atoms with E-state index < -0.39 is 18.1 Å². The van der Waals surface area contributed by atoms with E-state index in [0.717, 1.165) is 23.6 Å². The first kappa shape index (κ1) is 18.4. The zero-order valence-corrected chi connectivity index (χ0v) is 16.7. The number of nitrogens with zero attached hydrogens (tertiary/aromatic N) is 3. The Balaban J connectivity index is 1.76. The summed E-state index contributed by atoms with van der Waals surface area (Å²) < 4.78 is 42.8. The molecule has 10 heteroatoms. The van der Waals surface area contributed by atoms with Crippen LogP contribution in [0.15, 0.2) is 33.3 Å². The summed E-state index contributed by atoms with van der Waals surface area (Å²) >= 11 is 6.35. The summed E-state index contributed by atoms with van der Waals surface area (Å²) in [5, 5.41) is 6.33. The van der Waals surface area contributed by atoms with Crippen LogP contribution in [0, 0.1) is 5.82 Å². The maximum absolute atomic E-state index is 14.2. The van der Waals surface area contributed by atoms with Crippen LogP contribution in [0.3, 0.4) is 0 Å². The van der Waals surface area contributed by atoms with Crippen LogP contribution in [0.5, 0.6) is 0 Å². The first-order valence-corrected chi connectivity index (χ1v) is 9.56. The fourth-order valence-electron chi connectivity index (χ4n) is 2.75. The average molecular weight is 504 g/mol. The van der Waals surface area contributed by atoms with Crippen molar-refractivity contribution in [3.05, 3.63) is 56.1 Å². The van der Waals surface area contributed by atoms with Gasteiger partial charge in [-0.15, -0.1) is 0 Å². The SMILES string of the molecule is O=C(Nc1c(F)cc(Br)cc1Br)c1cnn2c(C(F)F)cc(C3CC3)nc12. The molecule has 1 saturated carbocycles. The largest absolute Gasteiger partial charge is 0.318 e. The van der Waals surface area contributed by atoms with Crippen LogP contribution in [0.1, 0.15) is 46.9 Å². The van der Waals surface area contributed by atoms with Gasteiger partial charge in [-0.05, 0) is 47.0 Å². The molecule has 0 saturated heterocycles. The minimum absolute atomic E-state index is 0.00591. The Kier molecular flexibility index (Phi) is 4.71. The highest BCUT2D eigenvalue weighted by molar-refractivity contribution is 9.11. The van der Waals surface area contributed by atoms with Crippen LogP contribution in [0.25, 0.3) is 5.65 Å². The number of carbonyl (C=O) groups is 1. The molecule has 0 unspecified atom stereocenters. The Morgan fingerprint density at radius 3 is 2.63 bits per heavy atom. The van der Waals surface area contributed by atoms with Crippen molar-refractivity contribution < 1.29 is 18.0 Å². The van der Waals surface area contributed by atoms with Crippen LogP contribution < -0.4 is 5.32 Å². The molecule has 0 atom stereocenters. The van der Waals surface area contributed by atoms with Gasteiger partial charge >= 0.3 is 0 Å². The molecular formula is C17H11Br2F3N4O. The second-order valence-electron chi connectivity index (χ2n) is 6.17. The lowest BCUT2D eigenvalue weighted by Gasteiger charge is -2.10. The number of rotatable bonds is 4. The molecule has 2 aromatic heterocycles. The van der Waals surface area contributed by atoms with Crippen molar-refractivity contribution in [2.75, 3.05) is 5.32 Å². The molecule has 3 aromatic rings. The van der Waals surface area contributed by atoms with Crippen molar-refractivity contribution >= 4 is 49.1 Å². The van der Waals surface area contributed by atoms with Crippen molar-refractivity contribution in [2.24, 2.45) is 0 Å². The third-order valence-corrected chi connectivity index (χ3v) is 5.31. The van der Waals surface area contributed by atoms with Gasteiger partial charge < -0.3 is 5.32 Å². The number of benzene rings is 1. The molecule has 2 heterocycles. The molecule has 1 aliphatic rings. The summed E-state index contributed by atoms with van der Waals surface area (Å²) in [7, 11) is 0. The Bertz CT molecular complexity index is 1040. The topological polar surface area (TPSA) is 59.3 Å². The zero-order valence-electron chi connectivity index (χ0n) is 13.5. The van der Waals surface area contributed by atoms with Crippen LogP contribution in [0.4, 0.5) is 18.9 Å². The molecular weight excluding hydrogens is 493 g/mol. The zero-order chi connectivity index (χ0) is 19.3. The van der Waals surface area contributed by atoms with Crippen molar-refractivity contribution in [3.8, 4) is 0 Å². The summed E-state index contributed by atoms with van der Waals surface area (Å²) in [6.45, 7) is 0. The summed E-state index contributed by atoms with van der Waals surface area (Å²) in [5.41, 5.74) is 0.157. The number of alkyl halides is 2. The molecule has 1 aromatic carbocycles. The Hall–Kier alpha value is -1.94. The van der Waals surface area contributed by atoms with Gasteiger partial charge in [0.2, 0.25) is 0 Å². The number of nitrogens with one attached hydrogen (secondary N) is 1. The summed E-state index contributed by atoms with van der Waals surface area (Å²) in [5.74, 6) is -1.22. The summed E-state index contributed by atoms with van der Waals surface area (Å²) in [4.78, 5) is 17.0. The molecule has 140 valence electrons. The van der Waals surface area contributed by atoms with E-state index in [1.165, 1.54) is 12.1 Å². The lowest BCUT2D eigenvalue weighted by atomic mass is 10.2. The molecule has 27 heavy (non-hydrogen) atoms. The quantitative estimate of drug-likeness (QED) is 0.514. The molecule has 1 amide bonds. The van der Waals surface area contributed by atoms with Gasteiger partial charge in [-0.1, -0.05) is 15.9 Å². The summed E-state index contributed by atoms with van der Waals surface area (Å²) in [6.07, 6.45) is 0.143. The van der Waals surface area contributed by atoms with E-state index in [4.69, 9.17) is 0 Å². The normalized spacial score (nSPS) is 14.1. The van der Waals surface area contributed by atoms with E-state index in [0.29, 0.717) is 14.6 Å². The van der Waals surface area contributed by atoms with Crippen molar-refractivity contribution in [2.45, 2.75) is 25.2 Å². The van der Waals surface area contributed by atoms with E-state index in [2.05, 4.69) is 47.3 Å². The fourth-order valence-corrected chi connectivity index (χ4v) is 4.02. The molecule has 0 bridgehead atoms. The lowest BCUT2D eigenvalue weighted by molar-refractivity contribution is 0.102. The van der Waals surface area contributed by atoms with Crippen LogP contribution >= 0.6 is 31.9 Å². The monoisotopic (exact) mass is 502 g/mol. The summed E-state index contributed by atoms with van der Waals surface area (Å²) in [6, 6.07) is 4.11. The molecule has 4 rings (SSSR count). The van der Waals surface area contributed by atoms with Crippen molar-refractivity contribution in [3.63, 3.8) is 0 Å². The maximum atomic E-state index is 14.2. The van der Waals surface area contributed by atoms with E-state index >= 15 is 0 Å². The molecule has 1 N–H and O–H groups in total. The highest BCUT2D eigenvalue weighted by Gasteiger charge is 2.29. The van der Waals surface area contributed by atoms with E-state index in [-0.39, 0.29) is 28.5 Å². The second kappa shape index (κ2) is 6.90. The average Bonchev–Trinajstić information content (AvgIpc) is 3.36. The Morgan fingerprint density at radius 2 is 2.00 bits per heavy atom. The van der Waals surface area contributed by atoms with Crippen molar-refractivity contribution in [1.82, 2.24) is 14.6 Å². The maximum Gasteiger partial charge on any atom is 0.280 e. The number of hydrogen-bond donors (Lipinski definition) is 1. The number of fused-ring (bicyclic) bond motifs is 1. The first-order valence-electron chi connectivity index (χ1n) is 7.97. The highest BCUT2D eigenvalue weighted by atomic mass is 79.9. The third kappa shape index (κ3) is 3.47. The van der Waals surface area contributed by atoms with Gasteiger partial charge in [0.1, 0.15) is 17.1 Å². The van der Waals surface area contributed by atoms with Crippen LogP contribution in [0.2, 0.25) is 0 Å². The highest BCUT2D eigenvalue weighted by Crippen LogP contribution is 2.40. The van der Waals surface area contributed by atoms with Crippen LogP contribution in [-0.2, 0) is 0 Å². The molecule has 0 spiro atoms. The minimum Gasteiger partial charge on any atom is -0.318 e. The minimum atomic E-state index is -2.76. The lowest BCUT2D eigenvalue weighted by Crippen LogP contribution is -2.14. The van der Waals surface area contributed by atoms with E-state index in [1.54, 1.807) is 6.07 Å². The second-order valence-corrected chi connectivity index (χ2v) is 7.94. The number of amides is 1. The van der Waals surface area contributed by atoms with Gasteiger partial charge in [-0.25, -0.2) is 22.7 Å². The fraction of sp³-hybridized carbons (Fsp3) is 0.235. The number of carbonyl (C=O) groups excluding carboxylic acids is 1. The molecule has 1 aliphatic carbocycles. The van der Waals surface area contributed by atoms with E-state index in [9.17, 15) is 18.0 Å². The van der Waals surface area contributed by atoms with Gasteiger partial charge in [0, 0.05) is 20.6 Å². The first-order chi connectivity index (χ1) is 12.8.